The van der Waals surface area contributed by atoms with Crippen LogP contribution in [0.25, 0.3) is 0 Å². The smallest absolute Gasteiger partial charge is 0.185 e. The lowest BCUT2D eigenvalue weighted by molar-refractivity contribution is 0.0979. The van der Waals surface area contributed by atoms with Crippen molar-refractivity contribution in [1.82, 2.24) is 0 Å². The molecule has 0 saturated carbocycles. The Labute approximate surface area is 125 Å². The predicted molar refractivity (Wildman–Crippen MR) is 75.5 cm³/mol. The first-order valence-corrected chi connectivity index (χ1v) is 6.43. The van der Waals surface area contributed by atoms with Crippen molar-refractivity contribution in [3.8, 4) is 6.07 Å². The van der Waals surface area contributed by atoms with Gasteiger partial charge in [0.25, 0.3) is 0 Å². The minimum Gasteiger partial charge on any atom is -0.292 e. The Bertz CT molecular complexity index is 692. The van der Waals surface area contributed by atoms with Crippen LogP contribution >= 0.6 is 23.2 Å². The first-order chi connectivity index (χ1) is 9.52. The van der Waals surface area contributed by atoms with E-state index in [0.717, 1.165) is 0 Å². The van der Waals surface area contributed by atoms with Crippen molar-refractivity contribution in [3.63, 3.8) is 0 Å². The highest BCUT2D eigenvalue weighted by atomic mass is 35.5. The lowest BCUT2D eigenvalue weighted by Crippen LogP contribution is -2.11. The normalized spacial score (nSPS) is 11.7. The van der Waals surface area contributed by atoms with Gasteiger partial charge in [-0.3, -0.25) is 4.79 Å². The standard InChI is InChI=1S/C15H8Cl2FNO/c16-10-3-6-12(14(17)7-10)15(20)13(8-19)9-1-4-11(18)5-2-9/h1-7,13H. The van der Waals surface area contributed by atoms with Gasteiger partial charge in [-0.05, 0) is 35.9 Å². The molecule has 0 aliphatic carbocycles. The quantitative estimate of drug-likeness (QED) is 0.776. The zero-order valence-corrected chi connectivity index (χ0v) is 11.6. The number of benzene rings is 2. The summed E-state index contributed by atoms with van der Waals surface area (Å²) in [6, 6.07) is 11.6. The van der Waals surface area contributed by atoms with Crippen molar-refractivity contribution in [2.24, 2.45) is 0 Å². The maximum absolute atomic E-state index is 12.9. The minimum atomic E-state index is -1.03. The van der Waals surface area contributed by atoms with Crippen LogP contribution in [0.5, 0.6) is 0 Å². The summed E-state index contributed by atoms with van der Waals surface area (Å²) in [5, 5.41) is 9.78. The fraction of sp³-hybridized carbons (Fsp3) is 0.0667. The zero-order valence-electron chi connectivity index (χ0n) is 10.1. The fourth-order valence-electron chi connectivity index (χ4n) is 1.78. The second-order valence-corrected chi connectivity index (χ2v) is 4.95. The second-order valence-electron chi connectivity index (χ2n) is 4.10. The number of carbonyl (C=O) groups is 1. The molecule has 1 unspecified atom stereocenters. The van der Waals surface area contributed by atoms with Crippen LogP contribution in [-0.4, -0.2) is 5.78 Å². The molecular formula is C15H8Cl2FNO. The summed E-state index contributed by atoms with van der Waals surface area (Å²) in [4.78, 5) is 12.3. The van der Waals surface area contributed by atoms with Gasteiger partial charge in [0.05, 0.1) is 11.1 Å². The molecule has 0 aromatic heterocycles. The third kappa shape index (κ3) is 2.98. The molecule has 0 N–H and O–H groups in total. The van der Waals surface area contributed by atoms with Crippen LogP contribution in [-0.2, 0) is 0 Å². The maximum Gasteiger partial charge on any atom is 0.185 e. The number of carbonyl (C=O) groups excluding carboxylic acids is 1. The van der Waals surface area contributed by atoms with Crippen molar-refractivity contribution < 1.29 is 9.18 Å². The summed E-state index contributed by atoms with van der Waals surface area (Å²) in [6.45, 7) is 0. The van der Waals surface area contributed by atoms with Crippen LogP contribution in [0.15, 0.2) is 42.5 Å². The highest BCUT2D eigenvalue weighted by molar-refractivity contribution is 6.37. The third-order valence-corrected chi connectivity index (χ3v) is 3.34. The van der Waals surface area contributed by atoms with Crippen molar-refractivity contribution in [1.29, 1.82) is 5.26 Å². The van der Waals surface area contributed by atoms with Gasteiger partial charge in [-0.2, -0.15) is 5.26 Å². The van der Waals surface area contributed by atoms with Crippen LogP contribution in [0.3, 0.4) is 0 Å². The number of halogens is 3. The number of hydrogen-bond donors (Lipinski definition) is 0. The fourth-order valence-corrected chi connectivity index (χ4v) is 2.29. The van der Waals surface area contributed by atoms with Gasteiger partial charge in [0.15, 0.2) is 5.78 Å². The van der Waals surface area contributed by atoms with E-state index in [4.69, 9.17) is 23.2 Å². The van der Waals surface area contributed by atoms with Crippen molar-refractivity contribution in [2.45, 2.75) is 5.92 Å². The van der Waals surface area contributed by atoms with E-state index >= 15 is 0 Å². The van der Waals surface area contributed by atoms with E-state index in [1.807, 2.05) is 6.07 Å². The molecule has 2 aromatic rings. The van der Waals surface area contributed by atoms with E-state index < -0.39 is 17.5 Å². The van der Waals surface area contributed by atoms with E-state index in [1.54, 1.807) is 0 Å². The van der Waals surface area contributed by atoms with Gasteiger partial charge in [0.1, 0.15) is 11.7 Å². The van der Waals surface area contributed by atoms with E-state index in [0.29, 0.717) is 10.6 Å². The number of ketones is 1. The average Bonchev–Trinajstić information content (AvgIpc) is 2.41. The maximum atomic E-state index is 12.9. The van der Waals surface area contributed by atoms with E-state index in [2.05, 4.69) is 0 Å². The van der Waals surface area contributed by atoms with Crippen molar-refractivity contribution in [2.75, 3.05) is 0 Å². The molecule has 2 aromatic carbocycles. The van der Waals surface area contributed by atoms with Gasteiger partial charge >= 0.3 is 0 Å². The van der Waals surface area contributed by atoms with Crippen LogP contribution in [0.2, 0.25) is 10.0 Å². The van der Waals surface area contributed by atoms with Gasteiger partial charge < -0.3 is 0 Å². The molecular weight excluding hydrogens is 300 g/mol. The molecule has 1 atom stereocenters. The Morgan fingerprint density at radius 3 is 2.35 bits per heavy atom. The number of Topliss-reactive ketones (excluding diaryl/α,β-unsaturated/α-hetero) is 1. The molecule has 0 radical (unpaired) electrons. The Hall–Kier alpha value is -1.89. The largest absolute Gasteiger partial charge is 0.292 e. The minimum absolute atomic E-state index is 0.185. The van der Waals surface area contributed by atoms with Gasteiger partial charge in [-0.1, -0.05) is 35.3 Å². The van der Waals surface area contributed by atoms with Gasteiger partial charge in [-0.15, -0.1) is 0 Å². The van der Waals surface area contributed by atoms with Crippen LogP contribution in [0, 0.1) is 17.1 Å². The summed E-state index contributed by atoms with van der Waals surface area (Å²) < 4.78 is 12.9. The summed E-state index contributed by atoms with van der Waals surface area (Å²) in [5.41, 5.74) is 0.636. The molecule has 20 heavy (non-hydrogen) atoms. The summed E-state index contributed by atoms with van der Waals surface area (Å²) in [7, 11) is 0. The number of hydrogen-bond acceptors (Lipinski definition) is 2. The van der Waals surface area contributed by atoms with Crippen molar-refractivity contribution >= 4 is 29.0 Å². The Balaban J connectivity index is 2.39. The molecule has 5 heteroatoms. The Morgan fingerprint density at radius 2 is 1.80 bits per heavy atom. The number of nitrogens with zero attached hydrogens (tertiary/aromatic N) is 1. The molecule has 0 amide bonds. The summed E-state index contributed by atoms with van der Waals surface area (Å²) >= 11 is 11.7. The summed E-state index contributed by atoms with van der Waals surface area (Å²) in [5.74, 6) is -1.91. The average molecular weight is 308 g/mol. The molecule has 2 nitrogen and oxygen atoms in total. The Morgan fingerprint density at radius 1 is 1.15 bits per heavy atom. The SMILES string of the molecule is N#CC(C(=O)c1ccc(Cl)cc1Cl)c1ccc(F)cc1. The van der Waals surface area contributed by atoms with Crippen molar-refractivity contribution in [3.05, 3.63) is 69.5 Å². The topological polar surface area (TPSA) is 40.9 Å². The lowest BCUT2D eigenvalue weighted by atomic mass is 9.92. The lowest BCUT2D eigenvalue weighted by Gasteiger charge is -2.10. The van der Waals surface area contributed by atoms with E-state index in [-0.39, 0.29) is 10.6 Å². The van der Waals surface area contributed by atoms with Gasteiger partial charge in [0, 0.05) is 10.6 Å². The van der Waals surface area contributed by atoms with Gasteiger partial charge in [0.2, 0.25) is 0 Å². The molecule has 0 spiro atoms. The third-order valence-electron chi connectivity index (χ3n) is 2.79. The highest BCUT2D eigenvalue weighted by Gasteiger charge is 2.23. The van der Waals surface area contributed by atoms with Crippen LogP contribution in [0.1, 0.15) is 21.8 Å². The molecule has 100 valence electrons. The number of nitriles is 1. The van der Waals surface area contributed by atoms with Crippen LogP contribution in [0.4, 0.5) is 4.39 Å². The predicted octanol–water partition coefficient (Wildman–Crippen LogP) is 4.62. The second kappa shape index (κ2) is 6.04. The highest BCUT2D eigenvalue weighted by Crippen LogP contribution is 2.27. The molecule has 2 rings (SSSR count). The van der Waals surface area contributed by atoms with Gasteiger partial charge in [-0.25, -0.2) is 4.39 Å². The van der Waals surface area contributed by atoms with Crippen LogP contribution < -0.4 is 0 Å². The Kier molecular flexibility index (Phi) is 4.39. The van der Waals surface area contributed by atoms with E-state index in [1.165, 1.54) is 42.5 Å². The molecule has 0 saturated heterocycles. The summed E-state index contributed by atoms with van der Waals surface area (Å²) in [6.07, 6.45) is 0. The van der Waals surface area contributed by atoms with E-state index in [9.17, 15) is 14.4 Å². The molecule has 0 heterocycles. The molecule has 0 fully saturated rings. The zero-order chi connectivity index (χ0) is 14.7. The first-order valence-electron chi connectivity index (χ1n) is 5.67. The monoisotopic (exact) mass is 307 g/mol. The number of rotatable bonds is 3. The molecule has 0 bridgehead atoms. The molecule has 0 aliphatic heterocycles. The molecule has 0 aliphatic rings. The first kappa shape index (κ1) is 14.5.